The molecule has 1 aliphatic rings. The quantitative estimate of drug-likeness (QED) is 0.257. The summed E-state index contributed by atoms with van der Waals surface area (Å²) in [6, 6.07) is 11.5. The smallest absolute Gasteiger partial charge is 0.151 e. The van der Waals surface area contributed by atoms with Gasteiger partial charge in [0.15, 0.2) is 11.0 Å². The van der Waals surface area contributed by atoms with Crippen LogP contribution in [-0.2, 0) is 4.84 Å². The minimum atomic E-state index is 0.405. The number of hydrogen-bond donors (Lipinski definition) is 0. The SMILES string of the molecule is C=CCO/N=C/c1ccc(OCCCN2CCN(c3ccc(Cl)nn3)CC2)cc1. The van der Waals surface area contributed by atoms with Crippen molar-refractivity contribution in [3.05, 3.63) is 59.8 Å². The van der Waals surface area contributed by atoms with Gasteiger partial charge in [0, 0.05) is 32.7 Å². The number of oxime groups is 1. The number of rotatable bonds is 10. The van der Waals surface area contributed by atoms with Crippen LogP contribution >= 0.6 is 11.6 Å². The zero-order valence-electron chi connectivity index (χ0n) is 16.4. The van der Waals surface area contributed by atoms with Gasteiger partial charge < -0.3 is 14.5 Å². The average Bonchev–Trinajstić information content (AvgIpc) is 2.76. The molecule has 0 amide bonds. The summed E-state index contributed by atoms with van der Waals surface area (Å²) in [4.78, 5) is 9.68. The van der Waals surface area contributed by atoms with Gasteiger partial charge >= 0.3 is 0 Å². The van der Waals surface area contributed by atoms with Crippen LogP contribution < -0.4 is 9.64 Å². The molecule has 8 heteroatoms. The first-order valence-corrected chi connectivity index (χ1v) is 10.1. The van der Waals surface area contributed by atoms with Crippen molar-refractivity contribution in [3.63, 3.8) is 0 Å². The van der Waals surface area contributed by atoms with Crippen molar-refractivity contribution in [1.29, 1.82) is 0 Å². The minimum absolute atomic E-state index is 0.405. The number of nitrogens with zero attached hydrogens (tertiary/aromatic N) is 5. The van der Waals surface area contributed by atoms with Crippen LogP contribution in [0.15, 0.2) is 54.2 Å². The lowest BCUT2D eigenvalue weighted by molar-refractivity contribution is 0.176. The summed E-state index contributed by atoms with van der Waals surface area (Å²) in [5.41, 5.74) is 0.963. The van der Waals surface area contributed by atoms with Gasteiger partial charge in [-0.15, -0.1) is 10.2 Å². The number of piperazine rings is 1. The fourth-order valence-corrected chi connectivity index (χ4v) is 3.10. The lowest BCUT2D eigenvalue weighted by atomic mass is 10.2. The van der Waals surface area contributed by atoms with Crippen LogP contribution in [0, 0.1) is 0 Å². The predicted molar refractivity (Wildman–Crippen MR) is 116 cm³/mol. The Morgan fingerprint density at radius 2 is 1.86 bits per heavy atom. The van der Waals surface area contributed by atoms with E-state index in [4.69, 9.17) is 21.2 Å². The van der Waals surface area contributed by atoms with E-state index in [2.05, 4.69) is 31.7 Å². The predicted octanol–water partition coefficient (Wildman–Crippen LogP) is 3.26. The molecule has 154 valence electrons. The summed E-state index contributed by atoms with van der Waals surface area (Å²) in [6.45, 7) is 9.58. The summed E-state index contributed by atoms with van der Waals surface area (Å²) in [5.74, 6) is 1.75. The summed E-state index contributed by atoms with van der Waals surface area (Å²) < 4.78 is 5.84. The van der Waals surface area contributed by atoms with E-state index in [0.29, 0.717) is 18.4 Å². The molecule has 1 saturated heterocycles. The van der Waals surface area contributed by atoms with E-state index in [-0.39, 0.29) is 0 Å². The van der Waals surface area contributed by atoms with Gasteiger partial charge in [0.1, 0.15) is 12.4 Å². The number of halogens is 1. The maximum Gasteiger partial charge on any atom is 0.151 e. The van der Waals surface area contributed by atoms with Crippen LogP contribution in [0.5, 0.6) is 5.75 Å². The van der Waals surface area contributed by atoms with Gasteiger partial charge in [-0.05, 0) is 48.4 Å². The highest BCUT2D eigenvalue weighted by Gasteiger charge is 2.17. The largest absolute Gasteiger partial charge is 0.494 e. The van der Waals surface area contributed by atoms with Crippen molar-refractivity contribution in [2.24, 2.45) is 5.16 Å². The number of ether oxygens (including phenoxy) is 1. The van der Waals surface area contributed by atoms with E-state index in [9.17, 15) is 0 Å². The summed E-state index contributed by atoms with van der Waals surface area (Å²) >= 11 is 5.80. The van der Waals surface area contributed by atoms with Crippen LogP contribution in [0.2, 0.25) is 5.15 Å². The highest BCUT2D eigenvalue weighted by atomic mass is 35.5. The fraction of sp³-hybridized carbons (Fsp3) is 0.381. The molecule has 29 heavy (non-hydrogen) atoms. The lowest BCUT2D eigenvalue weighted by Gasteiger charge is -2.35. The molecule has 0 unspecified atom stereocenters. The molecule has 0 N–H and O–H groups in total. The number of aromatic nitrogens is 2. The molecule has 1 aromatic carbocycles. The topological polar surface area (TPSA) is 63.1 Å². The molecule has 2 aromatic rings. The maximum absolute atomic E-state index is 5.84. The van der Waals surface area contributed by atoms with Crippen LogP contribution in [0.25, 0.3) is 0 Å². The Morgan fingerprint density at radius 3 is 2.55 bits per heavy atom. The Labute approximate surface area is 176 Å². The van der Waals surface area contributed by atoms with Crippen LogP contribution in [-0.4, -0.2) is 67.2 Å². The summed E-state index contributed by atoms with van der Waals surface area (Å²) in [5, 5.41) is 12.4. The Bertz CT molecular complexity index is 775. The number of anilines is 1. The van der Waals surface area contributed by atoms with E-state index < -0.39 is 0 Å². The first-order chi connectivity index (χ1) is 14.2. The Kier molecular flexibility index (Phi) is 8.27. The standard InChI is InChI=1S/C21H26ClN5O2/c1-2-15-29-23-17-18-4-6-19(7-5-18)28-16-3-10-26-11-13-27(14-12-26)21-9-8-20(22)24-25-21/h2,4-9,17H,1,3,10-16H2/b23-17+. The molecule has 1 fully saturated rings. The second kappa shape index (κ2) is 11.4. The van der Waals surface area contributed by atoms with Crippen molar-refractivity contribution in [2.75, 3.05) is 50.8 Å². The van der Waals surface area contributed by atoms with Gasteiger partial charge in [0.05, 0.1) is 12.8 Å². The molecule has 0 atom stereocenters. The third kappa shape index (κ3) is 7.03. The minimum Gasteiger partial charge on any atom is -0.494 e. The molecular formula is C21H26ClN5O2. The Hall–Kier alpha value is -2.64. The summed E-state index contributed by atoms with van der Waals surface area (Å²) in [6.07, 6.45) is 4.31. The van der Waals surface area contributed by atoms with E-state index >= 15 is 0 Å². The van der Waals surface area contributed by atoms with Crippen LogP contribution in [0.4, 0.5) is 5.82 Å². The first-order valence-electron chi connectivity index (χ1n) is 9.70. The van der Waals surface area contributed by atoms with Gasteiger partial charge in [0.25, 0.3) is 0 Å². The van der Waals surface area contributed by atoms with Gasteiger partial charge in [-0.1, -0.05) is 29.4 Å². The van der Waals surface area contributed by atoms with E-state index in [1.54, 1.807) is 18.4 Å². The molecule has 3 rings (SSSR count). The third-order valence-electron chi connectivity index (χ3n) is 4.55. The second-order valence-electron chi connectivity index (χ2n) is 6.63. The van der Waals surface area contributed by atoms with Gasteiger partial charge in [-0.25, -0.2) is 0 Å². The second-order valence-corrected chi connectivity index (χ2v) is 7.02. The van der Waals surface area contributed by atoms with Crippen molar-refractivity contribution in [3.8, 4) is 5.75 Å². The Balaban J connectivity index is 1.31. The molecule has 1 aliphatic heterocycles. The van der Waals surface area contributed by atoms with Crippen LogP contribution in [0.3, 0.4) is 0 Å². The molecule has 0 saturated carbocycles. The molecule has 0 radical (unpaired) electrons. The van der Waals surface area contributed by atoms with E-state index in [1.807, 2.05) is 30.3 Å². The van der Waals surface area contributed by atoms with Gasteiger partial charge in [-0.2, -0.15) is 0 Å². The van der Waals surface area contributed by atoms with E-state index in [0.717, 1.165) is 56.3 Å². The van der Waals surface area contributed by atoms with Gasteiger partial charge in [0.2, 0.25) is 0 Å². The molecule has 0 aliphatic carbocycles. The molecular weight excluding hydrogens is 390 g/mol. The maximum atomic E-state index is 5.84. The molecule has 2 heterocycles. The van der Waals surface area contributed by atoms with Crippen molar-refractivity contribution < 1.29 is 9.57 Å². The summed E-state index contributed by atoms with van der Waals surface area (Å²) in [7, 11) is 0. The zero-order chi connectivity index (χ0) is 20.3. The Morgan fingerprint density at radius 1 is 1.07 bits per heavy atom. The monoisotopic (exact) mass is 415 g/mol. The molecule has 0 spiro atoms. The average molecular weight is 416 g/mol. The lowest BCUT2D eigenvalue weighted by Crippen LogP contribution is -2.47. The third-order valence-corrected chi connectivity index (χ3v) is 4.75. The number of hydrogen-bond acceptors (Lipinski definition) is 7. The molecule has 7 nitrogen and oxygen atoms in total. The van der Waals surface area contributed by atoms with Gasteiger partial charge in [-0.3, -0.25) is 4.90 Å². The highest BCUT2D eigenvalue weighted by Crippen LogP contribution is 2.15. The first kappa shape index (κ1) is 21.1. The molecule has 0 bridgehead atoms. The van der Waals surface area contributed by atoms with Crippen LogP contribution in [0.1, 0.15) is 12.0 Å². The van der Waals surface area contributed by atoms with Crippen molar-refractivity contribution >= 4 is 23.6 Å². The fourth-order valence-electron chi connectivity index (χ4n) is 3.00. The zero-order valence-corrected chi connectivity index (χ0v) is 17.2. The number of benzene rings is 1. The normalized spacial score (nSPS) is 14.9. The van der Waals surface area contributed by atoms with Crippen molar-refractivity contribution in [1.82, 2.24) is 15.1 Å². The van der Waals surface area contributed by atoms with E-state index in [1.165, 1.54) is 0 Å². The van der Waals surface area contributed by atoms with Crippen molar-refractivity contribution in [2.45, 2.75) is 6.42 Å². The highest BCUT2D eigenvalue weighted by molar-refractivity contribution is 6.29. The molecule has 1 aromatic heterocycles.